The second-order valence-corrected chi connectivity index (χ2v) is 6.30. The molecule has 0 fully saturated rings. The number of hydrogen-bond acceptors (Lipinski definition) is 3. The van der Waals surface area contributed by atoms with Crippen LogP contribution in [0.25, 0.3) is 0 Å². The van der Waals surface area contributed by atoms with E-state index in [1.54, 1.807) is 12.1 Å². The molecule has 2 aromatic carbocycles. The summed E-state index contributed by atoms with van der Waals surface area (Å²) in [6, 6.07) is 14.8. The summed E-state index contributed by atoms with van der Waals surface area (Å²) in [5, 5.41) is 8.30. The Bertz CT molecular complexity index is 679. The summed E-state index contributed by atoms with van der Waals surface area (Å²) in [5.74, 6) is 0. The van der Waals surface area contributed by atoms with Crippen molar-refractivity contribution >= 4 is 15.7 Å². The zero-order valence-electron chi connectivity index (χ0n) is 11.3. The van der Waals surface area contributed by atoms with Crippen molar-refractivity contribution in [3.63, 3.8) is 0 Å². The highest BCUT2D eigenvalue weighted by atomic mass is 32.2. The molecule has 0 amide bonds. The van der Waals surface area contributed by atoms with Gasteiger partial charge in [-0.25, -0.2) is 13.6 Å². The molecule has 3 N–H and O–H groups in total. The summed E-state index contributed by atoms with van der Waals surface area (Å²) >= 11 is 0. The van der Waals surface area contributed by atoms with Crippen LogP contribution in [-0.2, 0) is 16.4 Å². The molecule has 0 aliphatic heterocycles. The van der Waals surface area contributed by atoms with Crippen molar-refractivity contribution in [3.05, 3.63) is 59.7 Å². The molecular weight excluding hydrogens is 272 g/mol. The minimum absolute atomic E-state index is 0.127. The second-order valence-electron chi connectivity index (χ2n) is 4.74. The molecule has 0 aliphatic carbocycles. The highest BCUT2D eigenvalue weighted by Gasteiger charge is 2.06. The van der Waals surface area contributed by atoms with Crippen LogP contribution in [0.5, 0.6) is 0 Å². The van der Waals surface area contributed by atoms with Gasteiger partial charge >= 0.3 is 0 Å². The molecule has 0 spiro atoms. The lowest BCUT2D eigenvalue weighted by molar-refractivity contribution is 0.598. The van der Waals surface area contributed by atoms with Crippen LogP contribution >= 0.6 is 0 Å². The first-order valence-corrected chi connectivity index (χ1v) is 7.92. The van der Waals surface area contributed by atoms with Crippen molar-refractivity contribution in [2.24, 2.45) is 5.14 Å². The Balaban J connectivity index is 1.92. The van der Waals surface area contributed by atoms with Gasteiger partial charge in [-0.15, -0.1) is 0 Å². The van der Waals surface area contributed by atoms with Crippen LogP contribution in [0.2, 0.25) is 0 Å². The summed E-state index contributed by atoms with van der Waals surface area (Å²) in [5.41, 5.74) is 3.41. The summed E-state index contributed by atoms with van der Waals surface area (Å²) < 4.78 is 22.3. The van der Waals surface area contributed by atoms with Crippen molar-refractivity contribution in [1.82, 2.24) is 0 Å². The molecule has 2 rings (SSSR count). The van der Waals surface area contributed by atoms with Crippen molar-refractivity contribution in [2.45, 2.75) is 18.2 Å². The predicted molar refractivity (Wildman–Crippen MR) is 81.2 cm³/mol. The average Bonchev–Trinajstić information content (AvgIpc) is 2.38. The molecule has 0 unspecified atom stereocenters. The van der Waals surface area contributed by atoms with E-state index in [-0.39, 0.29) is 4.90 Å². The number of primary sulfonamides is 1. The lowest BCUT2D eigenvalue weighted by Crippen LogP contribution is -2.12. The quantitative estimate of drug-likeness (QED) is 0.887. The van der Waals surface area contributed by atoms with Gasteiger partial charge in [0.1, 0.15) is 0 Å². The normalized spacial score (nSPS) is 11.3. The average molecular weight is 290 g/mol. The van der Waals surface area contributed by atoms with Crippen LogP contribution in [-0.4, -0.2) is 15.0 Å². The molecular formula is C15H18N2O2S. The molecule has 5 heteroatoms. The topological polar surface area (TPSA) is 72.2 Å². The molecule has 0 heterocycles. The number of hydrogen-bond donors (Lipinski definition) is 2. The van der Waals surface area contributed by atoms with E-state index in [2.05, 4.69) is 30.4 Å². The maximum Gasteiger partial charge on any atom is 0.238 e. The number of aryl methyl sites for hydroxylation is 1. The maximum atomic E-state index is 11.1. The van der Waals surface area contributed by atoms with Gasteiger partial charge in [-0.2, -0.15) is 0 Å². The number of nitrogens with one attached hydrogen (secondary N) is 1. The van der Waals surface area contributed by atoms with Gasteiger partial charge in [0.05, 0.1) is 4.90 Å². The van der Waals surface area contributed by atoms with Gasteiger partial charge in [0.2, 0.25) is 10.0 Å². The molecule has 20 heavy (non-hydrogen) atoms. The highest BCUT2D eigenvalue weighted by molar-refractivity contribution is 7.89. The summed E-state index contributed by atoms with van der Waals surface area (Å²) in [6.07, 6.45) is 0.915. The van der Waals surface area contributed by atoms with E-state index in [4.69, 9.17) is 5.14 Å². The SMILES string of the molecule is Cc1cccc(CCNc2ccc(S(N)(=O)=O)cc2)c1. The number of sulfonamides is 1. The first-order chi connectivity index (χ1) is 9.45. The van der Waals surface area contributed by atoms with E-state index in [1.165, 1.54) is 23.3 Å². The predicted octanol–water partition coefficient (Wildman–Crippen LogP) is 2.30. The molecule has 0 bridgehead atoms. The Morgan fingerprint density at radius 2 is 1.80 bits per heavy atom. The van der Waals surface area contributed by atoms with Gasteiger partial charge in [0.25, 0.3) is 0 Å². The zero-order chi connectivity index (χ0) is 14.6. The van der Waals surface area contributed by atoms with Crippen molar-refractivity contribution in [3.8, 4) is 0 Å². The van der Waals surface area contributed by atoms with Crippen LogP contribution in [0.15, 0.2) is 53.4 Å². The largest absolute Gasteiger partial charge is 0.385 e. The van der Waals surface area contributed by atoms with E-state index in [1.807, 2.05) is 6.07 Å². The van der Waals surface area contributed by atoms with Gasteiger partial charge in [-0.1, -0.05) is 29.8 Å². The van der Waals surface area contributed by atoms with Crippen molar-refractivity contribution in [2.75, 3.05) is 11.9 Å². The summed E-state index contributed by atoms with van der Waals surface area (Å²) in [7, 11) is -3.62. The number of benzene rings is 2. The van der Waals surface area contributed by atoms with E-state index < -0.39 is 10.0 Å². The van der Waals surface area contributed by atoms with Crippen LogP contribution in [0, 0.1) is 6.92 Å². The Kier molecular flexibility index (Phi) is 4.42. The second kappa shape index (κ2) is 6.07. The lowest BCUT2D eigenvalue weighted by Gasteiger charge is -2.07. The number of nitrogens with two attached hydrogens (primary N) is 1. The van der Waals surface area contributed by atoms with Crippen LogP contribution in [0.4, 0.5) is 5.69 Å². The van der Waals surface area contributed by atoms with Gasteiger partial charge < -0.3 is 5.32 Å². The molecule has 4 nitrogen and oxygen atoms in total. The van der Waals surface area contributed by atoms with E-state index in [0.717, 1.165) is 18.7 Å². The van der Waals surface area contributed by atoms with Gasteiger partial charge in [0, 0.05) is 12.2 Å². The third-order valence-electron chi connectivity index (χ3n) is 3.01. The molecule has 106 valence electrons. The molecule has 0 saturated carbocycles. The minimum Gasteiger partial charge on any atom is -0.385 e. The number of anilines is 1. The number of rotatable bonds is 5. The van der Waals surface area contributed by atoms with E-state index in [0.29, 0.717) is 0 Å². The molecule has 0 aliphatic rings. The molecule has 0 radical (unpaired) electrons. The third-order valence-corrected chi connectivity index (χ3v) is 3.94. The van der Waals surface area contributed by atoms with Crippen molar-refractivity contribution < 1.29 is 8.42 Å². The van der Waals surface area contributed by atoms with Crippen LogP contribution in [0.1, 0.15) is 11.1 Å². The first-order valence-electron chi connectivity index (χ1n) is 6.37. The van der Waals surface area contributed by atoms with Gasteiger partial charge in [-0.05, 0) is 43.2 Å². The lowest BCUT2D eigenvalue weighted by atomic mass is 10.1. The maximum absolute atomic E-state index is 11.1. The van der Waals surface area contributed by atoms with E-state index in [9.17, 15) is 8.42 Å². The van der Waals surface area contributed by atoms with Crippen LogP contribution < -0.4 is 10.5 Å². The fraction of sp³-hybridized carbons (Fsp3) is 0.200. The zero-order valence-corrected chi connectivity index (χ0v) is 12.2. The van der Waals surface area contributed by atoms with Crippen LogP contribution in [0.3, 0.4) is 0 Å². The standard InChI is InChI=1S/C15H18N2O2S/c1-12-3-2-4-13(11-12)9-10-17-14-5-7-15(8-6-14)20(16,18)19/h2-8,11,17H,9-10H2,1H3,(H2,16,18,19). The Morgan fingerprint density at radius 1 is 1.10 bits per heavy atom. The summed E-state index contributed by atoms with van der Waals surface area (Å²) in [6.45, 7) is 2.86. The molecule has 0 atom stereocenters. The fourth-order valence-electron chi connectivity index (χ4n) is 1.98. The van der Waals surface area contributed by atoms with Gasteiger partial charge in [-0.3, -0.25) is 0 Å². The molecule has 2 aromatic rings. The Hall–Kier alpha value is -1.85. The smallest absolute Gasteiger partial charge is 0.238 e. The van der Waals surface area contributed by atoms with Gasteiger partial charge in [0.15, 0.2) is 0 Å². The third kappa shape index (κ3) is 4.08. The molecule has 0 saturated heterocycles. The fourth-order valence-corrected chi connectivity index (χ4v) is 2.50. The Morgan fingerprint density at radius 3 is 2.40 bits per heavy atom. The van der Waals surface area contributed by atoms with Crippen molar-refractivity contribution in [1.29, 1.82) is 0 Å². The minimum atomic E-state index is -3.62. The Labute approximate surface area is 119 Å². The summed E-state index contributed by atoms with van der Waals surface area (Å²) in [4.78, 5) is 0.127. The monoisotopic (exact) mass is 290 g/mol. The highest BCUT2D eigenvalue weighted by Crippen LogP contribution is 2.13. The van der Waals surface area contributed by atoms with E-state index >= 15 is 0 Å². The first kappa shape index (κ1) is 14.6. The molecule has 0 aromatic heterocycles.